The molecule has 2 fully saturated rings. The molecule has 0 aliphatic carbocycles. The quantitative estimate of drug-likeness (QED) is 0.236. The molecule has 4 aromatic rings. The first-order chi connectivity index (χ1) is 23.7. The summed E-state index contributed by atoms with van der Waals surface area (Å²) in [5.74, 6) is 0.755. The minimum atomic E-state index is -0.569. The van der Waals surface area contributed by atoms with Crippen molar-refractivity contribution in [2.24, 2.45) is 0 Å². The number of nitrogens with one attached hydrogen (secondary N) is 3. The van der Waals surface area contributed by atoms with Crippen molar-refractivity contribution in [3.8, 4) is 0 Å². The van der Waals surface area contributed by atoms with Crippen LogP contribution in [0.2, 0.25) is 0 Å². The Balaban J connectivity index is 1.08. The Kier molecular flexibility index (Phi) is 9.68. The van der Waals surface area contributed by atoms with Crippen LogP contribution in [0.15, 0.2) is 60.9 Å². The van der Waals surface area contributed by atoms with Crippen molar-refractivity contribution in [2.75, 3.05) is 36.4 Å². The molecule has 2 aliphatic rings. The lowest BCUT2D eigenvalue weighted by Crippen LogP contribution is -2.48. The van der Waals surface area contributed by atoms with Gasteiger partial charge in [-0.2, -0.15) is 4.98 Å². The van der Waals surface area contributed by atoms with Gasteiger partial charge in [-0.25, -0.2) is 14.3 Å². The molecule has 264 valence electrons. The summed E-state index contributed by atoms with van der Waals surface area (Å²) in [6, 6.07) is 14.7. The lowest BCUT2D eigenvalue weighted by Gasteiger charge is -2.33. The molecular weight excluding hydrogens is 634 g/mol. The van der Waals surface area contributed by atoms with Crippen molar-refractivity contribution < 1.29 is 19.1 Å². The molecule has 0 bridgehead atoms. The van der Waals surface area contributed by atoms with Crippen LogP contribution >= 0.6 is 0 Å². The Morgan fingerprint density at radius 1 is 0.820 bits per heavy atom. The zero-order valence-corrected chi connectivity index (χ0v) is 29.7. The molecule has 0 spiro atoms. The van der Waals surface area contributed by atoms with Gasteiger partial charge in [0.1, 0.15) is 5.60 Å². The van der Waals surface area contributed by atoms with E-state index in [0.717, 1.165) is 25.1 Å². The fourth-order valence-electron chi connectivity index (χ4n) is 6.18. The highest BCUT2D eigenvalue weighted by Crippen LogP contribution is 2.25. The molecular formula is C37H47N9O4. The highest BCUT2D eigenvalue weighted by atomic mass is 16.6. The Bertz CT molecular complexity index is 1840. The Morgan fingerprint density at radius 3 is 2.10 bits per heavy atom. The molecule has 2 aromatic heterocycles. The van der Waals surface area contributed by atoms with Crippen LogP contribution in [0.1, 0.15) is 87.1 Å². The second-order valence-electron chi connectivity index (χ2n) is 15.1. The largest absolute Gasteiger partial charge is 0.444 e. The summed E-state index contributed by atoms with van der Waals surface area (Å²) in [4.78, 5) is 51.6. The number of aromatic nitrogens is 4. The minimum Gasteiger partial charge on any atom is -0.444 e. The standard InChI is InChI=1S/C37H47N9O4/c1-36(2,3)26-13-9-24(10-14-26)32(47)40-28-8-7-19-44(22-28)34-42-30(31-38-18-21-46(31)43-34)39-27-15-11-25(12-16-27)33(48)41-29-17-20-45(23-29)35(49)50-37(4,5)6/h9-16,18,21,28-29H,7-8,17,19-20,22-23H2,1-6H3,(H,40,47)(H,41,48)(H,39,42,43)/t28-,29-/m1/s1. The Hall–Kier alpha value is -5.20. The number of piperidine rings is 1. The highest BCUT2D eigenvalue weighted by Gasteiger charge is 2.31. The number of rotatable bonds is 7. The summed E-state index contributed by atoms with van der Waals surface area (Å²) < 4.78 is 7.15. The normalized spacial score (nSPS) is 18.2. The molecule has 50 heavy (non-hydrogen) atoms. The fraction of sp³-hybridized carbons (Fsp3) is 0.459. The van der Waals surface area contributed by atoms with E-state index < -0.39 is 5.60 Å². The average Bonchev–Trinajstić information content (AvgIpc) is 3.74. The first-order valence-electron chi connectivity index (χ1n) is 17.3. The maximum absolute atomic E-state index is 13.1. The number of hydrogen-bond donors (Lipinski definition) is 3. The first-order valence-corrected chi connectivity index (χ1v) is 17.3. The summed E-state index contributed by atoms with van der Waals surface area (Å²) in [5, 5.41) is 14.3. The monoisotopic (exact) mass is 681 g/mol. The number of likely N-dealkylation sites (tertiary alicyclic amines) is 1. The van der Waals surface area contributed by atoms with E-state index in [1.807, 2.05) is 57.2 Å². The van der Waals surface area contributed by atoms with E-state index >= 15 is 0 Å². The van der Waals surface area contributed by atoms with E-state index in [1.165, 1.54) is 5.56 Å². The van der Waals surface area contributed by atoms with Crippen molar-refractivity contribution in [1.82, 2.24) is 35.1 Å². The second-order valence-corrected chi connectivity index (χ2v) is 15.1. The molecule has 3 N–H and O–H groups in total. The van der Waals surface area contributed by atoms with Gasteiger partial charge in [0.05, 0.1) is 0 Å². The van der Waals surface area contributed by atoms with Crippen LogP contribution in [0.25, 0.3) is 5.65 Å². The lowest BCUT2D eigenvalue weighted by atomic mass is 9.86. The lowest BCUT2D eigenvalue weighted by molar-refractivity contribution is 0.0289. The molecule has 4 heterocycles. The summed E-state index contributed by atoms with van der Waals surface area (Å²) in [6.45, 7) is 14.2. The van der Waals surface area contributed by atoms with E-state index in [9.17, 15) is 14.4 Å². The van der Waals surface area contributed by atoms with Gasteiger partial charge in [-0.3, -0.25) is 9.59 Å². The molecule has 13 nitrogen and oxygen atoms in total. The third kappa shape index (κ3) is 8.32. The van der Waals surface area contributed by atoms with Crippen LogP contribution in [0.3, 0.4) is 0 Å². The summed E-state index contributed by atoms with van der Waals surface area (Å²) in [7, 11) is 0. The summed E-state index contributed by atoms with van der Waals surface area (Å²) >= 11 is 0. The third-order valence-electron chi connectivity index (χ3n) is 8.88. The molecule has 2 aromatic carbocycles. The fourth-order valence-corrected chi connectivity index (χ4v) is 6.18. The van der Waals surface area contributed by atoms with Gasteiger partial charge in [0.25, 0.3) is 11.8 Å². The van der Waals surface area contributed by atoms with Crippen LogP contribution in [-0.4, -0.2) is 86.3 Å². The number of carbonyl (C=O) groups is 3. The van der Waals surface area contributed by atoms with Crippen molar-refractivity contribution >= 4 is 41.0 Å². The van der Waals surface area contributed by atoms with Crippen molar-refractivity contribution in [1.29, 1.82) is 0 Å². The van der Waals surface area contributed by atoms with Gasteiger partial charge >= 0.3 is 6.09 Å². The highest BCUT2D eigenvalue weighted by molar-refractivity contribution is 5.95. The van der Waals surface area contributed by atoms with E-state index in [-0.39, 0.29) is 35.4 Å². The second kappa shape index (κ2) is 14.0. The minimum absolute atomic E-state index is 0.0216. The van der Waals surface area contributed by atoms with Gasteiger partial charge in [0, 0.05) is 67.5 Å². The van der Waals surface area contributed by atoms with E-state index in [0.29, 0.717) is 54.6 Å². The van der Waals surface area contributed by atoms with Gasteiger partial charge < -0.3 is 30.5 Å². The zero-order valence-electron chi connectivity index (χ0n) is 29.7. The number of imidazole rings is 1. The molecule has 3 amide bonds. The molecule has 0 unspecified atom stereocenters. The predicted molar refractivity (Wildman–Crippen MR) is 192 cm³/mol. The molecule has 6 rings (SSSR count). The van der Waals surface area contributed by atoms with Crippen molar-refractivity contribution in [3.63, 3.8) is 0 Å². The van der Waals surface area contributed by atoms with Crippen LogP contribution in [0.4, 0.5) is 22.2 Å². The zero-order chi connectivity index (χ0) is 35.6. The van der Waals surface area contributed by atoms with Gasteiger partial charge in [0.15, 0.2) is 11.5 Å². The predicted octanol–water partition coefficient (Wildman–Crippen LogP) is 5.30. The number of nitrogens with zero attached hydrogens (tertiary/aromatic N) is 6. The summed E-state index contributed by atoms with van der Waals surface area (Å²) in [6.07, 6.45) is 5.49. The number of fused-ring (bicyclic) bond motifs is 1. The number of hydrogen-bond acceptors (Lipinski definition) is 9. The number of benzene rings is 2. The summed E-state index contributed by atoms with van der Waals surface area (Å²) in [5.41, 5.74) is 3.08. The van der Waals surface area contributed by atoms with Gasteiger partial charge in [0.2, 0.25) is 5.95 Å². The first kappa shape index (κ1) is 34.7. The number of carbonyl (C=O) groups excluding carboxylic acids is 3. The van der Waals surface area contributed by atoms with E-state index in [4.69, 9.17) is 14.8 Å². The Morgan fingerprint density at radius 2 is 1.46 bits per heavy atom. The maximum Gasteiger partial charge on any atom is 0.410 e. The molecule has 2 atom stereocenters. The average molecular weight is 682 g/mol. The van der Waals surface area contributed by atoms with Crippen LogP contribution in [0, 0.1) is 0 Å². The van der Waals surface area contributed by atoms with E-state index in [2.05, 4.69) is 46.6 Å². The third-order valence-corrected chi connectivity index (χ3v) is 8.88. The number of ether oxygens (including phenoxy) is 1. The SMILES string of the molecule is CC(C)(C)OC(=O)N1CC[C@@H](NC(=O)c2ccc(Nc3nc(N4CCC[C@@H](NC(=O)c5ccc(C(C)(C)C)cc5)C4)nn4ccnc34)cc2)C1. The Labute approximate surface area is 292 Å². The van der Waals surface area contributed by atoms with Crippen molar-refractivity contribution in [2.45, 2.75) is 83.9 Å². The molecule has 2 aliphatic heterocycles. The van der Waals surface area contributed by atoms with E-state index in [1.54, 1.807) is 33.9 Å². The molecule has 0 saturated carbocycles. The van der Waals surface area contributed by atoms with Gasteiger partial charge in [-0.1, -0.05) is 32.9 Å². The van der Waals surface area contributed by atoms with Gasteiger partial charge in [-0.15, -0.1) is 5.10 Å². The molecule has 13 heteroatoms. The maximum atomic E-state index is 13.1. The van der Waals surface area contributed by atoms with Crippen LogP contribution in [-0.2, 0) is 10.2 Å². The van der Waals surface area contributed by atoms with Crippen molar-refractivity contribution in [3.05, 3.63) is 77.6 Å². The molecule has 2 saturated heterocycles. The smallest absolute Gasteiger partial charge is 0.410 e. The van der Waals surface area contributed by atoms with Crippen LogP contribution < -0.4 is 20.9 Å². The van der Waals surface area contributed by atoms with Gasteiger partial charge in [-0.05, 0) is 87.4 Å². The molecule has 0 radical (unpaired) electrons. The number of anilines is 3. The van der Waals surface area contributed by atoms with Crippen LogP contribution in [0.5, 0.6) is 0 Å². The number of amides is 3. The topological polar surface area (TPSA) is 146 Å².